The van der Waals surface area contributed by atoms with Gasteiger partial charge in [0, 0.05) is 30.0 Å². The number of sulfonamides is 1. The van der Waals surface area contributed by atoms with Crippen LogP contribution in [0.25, 0.3) is 11.3 Å². The number of aromatic nitrogens is 1. The fraction of sp³-hybridized carbons (Fsp3) is 0.292. The Bertz CT molecular complexity index is 1320. The highest BCUT2D eigenvalue weighted by molar-refractivity contribution is 7.89. The van der Waals surface area contributed by atoms with Crippen LogP contribution in [0.5, 0.6) is 0 Å². The summed E-state index contributed by atoms with van der Waals surface area (Å²) in [5, 5.41) is 14.3. The van der Waals surface area contributed by atoms with Crippen LogP contribution in [-0.2, 0) is 14.8 Å². The van der Waals surface area contributed by atoms with E-state index in [1.54, 1.807) is 0 Å². The van der Waals surface area contributed by atoms with Crippen molar-refractivity contribution in [1.29, 1.82) is 5.26 Å². The lowest BCUT2D eigenvalue weighted by molar-refractivity contribution is -0.120. The average molecular weight is 481 g/mol. The van der Waals surface area contributed by atoms with Crippen molar-refractivity contribution >= 4 is 32.4 Å². The van der Waals surface area contributed by atoms with Gasteiger partial charge < -0.3 is 5.32 Å². The molecule has 1 aromatic heterocycles. The van der Waals surface area contributed by atoms with E-state index in [0.29, 0.717) is 23.5 Å². The van der Waals surface area contributed by atoms with Crippen LogP contribution in [0.1, 0.15) is 29.5 Å². The Kier molecular flexibility index (Phi) is 6.61. The number of hydrogen-bond acceptors (Lipinski definition) is 6. The van der Waals surface area contributed by atoms with E-state index in [-0.39, 0.29) is 29.8 Å². The number of nitrogens with zero attached hydrogens (tertiary/aromatic N) is 3. The van der Waals surface area contributed by atoms with E-state index in [2.05, 4.69) is 36.3 Å². The summed E-state index contributed by atoms with van der Waals surface area (Å²) in [6.07, 6.45) is 0.882. The van der Waals surface area contributed by atoms with Crippen LogP contribution >= 0.6 is 11.3 Å². The molecule has 1 N–H and O–H groups in total. The lowest BCUT2D eigenvalue weighted by Gasteiger charge is -2.30. The summed E-state index contributed by atoms with van der Waals surface area (Å²) in [4.78, 5) is 17.5. The zero-order valence-corrected chi connectivity index (χ0v) is 20.0. The Balaban J connectivity index is 1.36. The van der Waals surface area contributed by atoms with Crippen LogP contribution in [-0.4, -0.2) is 36.7 Å². The smallest absolute Gasteiger partial charge is 0.243 e. The molecule has 33 heavy (non-hydrogen) atoms. The number of anilines is 1. The van der Waals surface area contributed by atoms with Gasteiger partial charge in [-0.15, -0.1) is 11.3 Å². The molecule has 9 heteroatoms. The number of carbonyl (C=O) groups excluding carboxylic acids is 1. The van der Waals surface area contributed by atoms with Gasteiger partial charge in [-0.2, -0.15) is 9.57 Å². The van der Waals surface area contributed by atoms with Crippen LogP contribution < -0.4 is 5.32 Å². The van der Waals surface area contributed by atoms with Gasteiger partial charge in [0.2, 0.25) is 15.9 Å². The lowest BCUT2D eigenvalue weighted by Crippen LogP contribution is -2.41. The van der Waals surface area contributed by atoms with Gasteiger partial charge in [0.1, 0.15) is 0 Å². The molecule has 1 saturated heterocycles. The largest absolute Gasteiger partial charge is 0.302 e. The van der Waals surface area contributed by atoms with Crippen molar-refractivity contribution in [1.82, 2.24) is 9.29 Å². The predicted molar refractivity (Wildman–Crippen MR) is 128 cm³/mol. The molecule has 0 saturated carbocycles. The number of nitrogens with one attached hydrogen (secondary N) is 1. The molecule has 170 valence electrons. The van der Waals surface area contributed by atoms with Gasteiger partial charge in [-0.25, -0.2) is 13.4 Å². The molecule has 7 nitrogen and oxygen atoms in total. The average Bonchev–Trinajstić information content (AvgIpc) is 3.29. The molecule has 1 fully saturated rings. The highest BCUT2D eigenvalue weighted by Crippen LogP contribution is 2.29. The highest BCUT2D eigenvalue weighted by atomic mass is 32.2. The molecular formula is C24H24N4O3S2. The van der Waals surface area contributed by atoms with Crippen molar-refractivity contribution in [3.05, 3.63) is 64.5 Å². The molecule has 0 bridgehead atoms. The number of aryl methyl sites for hydroxylation is 2. The third kappa shape index (κ3) is 4.98. The minimum Gasteiger partial charge on any atom is -0.302 e. The maximum atomic E-state index is 12.9. The van der Waals surface area contributed by atoms with Crippen molar-refractivity contribution < 1.29 is 13.2 Å². The van der Waals surface area contributed by atoms with Crippen LogP contribution in [0.15, 0.2) is 52.7 Å². The SMILES string of the molecule is Cc1ccc(-c2csc(NC(=O)C3CCN(S(=O)(=O)c4ccc(C#N)cc4)CC3)n2)cc1C. The summed E-state index contributed by atoms with van der Waals surface area (Å²) in [5.74, 6) is -0.405. The molecule has 2 aromatic carbocycles. The lowest BCUT2D eigenvalue weighted by atomic mass is 9.97. The fourth-order valence-corrected chi connectivity index (χ4v) is 5.97. The van der Waals surface area contributed by atoms with E-state index in [1.165, 1.54) is 51.0 Å². The zero-order chi connectivity index (χ0) is 23.6. The minimum atomic E-state index is -3.65. The summed E-state index contributed by atoms with van der Waals surface area (Å²) >= 11 is 1.38. The standard InChI is InChI=1S/C24H24N4O3S2/c1-16-3-6-20(13-17(16)2)22-15-32-24(26-22)27-23(29)19-9-11-28(12-10-19)33(30,31)21-7-4-18(14-25)5-8-21/h3-8,13,15,19H,9-12H2,1-2H3,(H,26,27,29). The third-order valence-corrected chi connectivity index (χ3v) is 8.65. The summed E-state index contributed by atoms with van der Waals surface area (Å²) in [6.45, 7) is 4.66. The normalized spacial score (nSPS) is 15.2. The summed E-state index contributed by atoms with van der Waals surface area (Å²) < 4.78 is 27.1. The highest BCUT2D eigenvalue weighted by Gasteiger charge is 2.32. The number of thiazole rings is 1. The molecule has 2 heterocycles. The Morgan fingerprint density at radius 3 is 2.45 bits per heavy atom. The second kappa shape index (κ2) is 9.43. The van der Waals surface area contributed by atoms with Crippen molar-refractivity contribution in [2.45, 2.75) is 31.6 Å². The number of hydrogen-bond donors (Lipinski definition) is 1. The molecule has 0 atom stereocenters. The summed E-state index contributed by atoms with van der Waals surface area (Å²) in [7, 11) is -3.65. The van der Waals surface area contributed by atoms with E-state index in [4.69, 9.17) is 5.26 Å². The predicted octanol–water partition coefficient (Wildman–Crippen LogP) is 4.34. The van der Waals surface area contributed by atoms with Gasteiger partial charge >= 0.3 is 0 Å². The fourth-order valence-electron chi connectivity index (χ4n) is 3.78. The summed E-state index contributed by atoms with van der Waals surface area (Å²) in [5.41, 5.74) is 4.65. The number of benzene rings is 2. The Morgan fingerprint density at radius 1 is 1.12 bits per heavy atom. The van der Waals surface area contributed by atoms with Crippen LogP contribution in [0, 0.1) is 31.1 Å². The molecule has 3 aromatic rings. The third-order valence-electron chi connectivity index (χ3n) is 5.98. The van der Waals surface area contributed by atoms with Crippen molar-refractivity contribution in [3.63, 3.8) is 0 Å². The van der Waals surface area contributed by atoms with Crippen LogP contribution in [0.4, 0.5) is 5.13 Å². The number of nitriles is 1. The molecule has 4 rings (SSSR count). The first kappa shape index (κ1) is 23.1. The Hall–Kier alpha value is -3.06. The number of rotatable bonds is 5. The molecule has 0 spiro atoms. The van der Waals surface area contributed by atoms with E-state index in [9.17, 15) is 13.2 Å². The van der Waals surface area contributed by atoms with Gasteiger partial charge in [0.15, 0.2) is 5.13 Å². The molecule has 0 unspecified atom stereocenters. The van der Waals surface area contributed by atoms with E-state index < -0.39 is 10.0 Å². The second-order valence-electron chi connectivity index (χ2n) is 8.14. The van der Waals surface area contributed by atoms with Crippen molar-refractivity contribution in [2.24, 2.45) is 5.92 Å². The first-order chi connectivity index (χ1) is 15.8. The van der Waals surface area contributed by atoms with Gasteiger partial charge in [-0.3, -0.25) is 4.79 Å². The van der Waals surface area contributed by atoms with Crippen molar-refractivity contribution in [3.8, 4) is 17.3 Å². The number of amides is 1. The Morgan fingerprint density at radius 2 is 1.82 bits per heavy atom. The van der Waals surface area contributed by atoms with Gasteiger partial charge in [0.25, 0.3) is 0 Å². The molecule has 0 radical (unpaired) electrons. The monoisotopic (exact) mass is 480 g/mol. The van der Waals surface area contributed by atoms with Crippen LogP contribution in [0.2, 0.25) is 0 Å². The molecule has 0 aliphatic carbocycles. The van der Waals surface area contributed by atoms with Crippen LogP contribution in [0.3, 0.4) is 0 Å². The molecule has 1 aliphatic heterocycles. The van der Waals surface area contributed by atoms with E-state index in [1.807, 2.05) is 17.5 Å². The van der Waals surface area contributed by atoms with Crippen molar-refractivity contribution in [2.75, 3.05) is 18.4 Å². The minimum absolute atomic E-state index is 0.133. The molecular weight excluding hydrogens is 456 g/mol. The first-order valence-corrected chi connectivity index (χ1v) is 12.9. The van der Waals surface area contributed by atoms with Gasteiger partial charge in [-0.1, -0.05) is 12.1 Å². The molecule has 1 aliphatic rings. The van der Waals surface area contributed by atoms with E-state index >= 15 is 0 Å². The summed E-state index contributed by atoms with van der Waals surface area (Å²) in [6, 6.07) is 14.0. The Labute approximate surface area is 197 Å². The maximum Gasteiger partial charge on any atom is 0.243 e. The number of carbonyl (C=O) groups is 1. The number of piperidine rings is 1. The zero-order valence-electron chi connectivity index (χ0n) is 18.4. The molecule has 1 amide bonds. The van der Waals surface area contributed by atoms with Gasteiger partial charge in [-0.05, 0) is 68.1 Å². The quantitative estimate of drug-likeness (QED) is 0.585. The maximum absolute atomic E-state index is 12.9. The first-order valence-electron chi connectivity index (χ1n) is 10.6. The topological polar surface area (TPSA) is 103 Å². The second-order valence-corrected chi connectivity index (χ2v) is 10.9. The van der Waals surface area contributed by atoms with Gasteiger partial charge in [0.05, 0.1) is 22.2 Å². The van der Waals surface area contributed by atoms with E-state index in [0.717, 1.165) is 11.3 Å².